The van der Waals surface area contributed by atoms with Crippen molar-refractivity contribution in [2.24, 2.45) is 0 Å². The third kappa shape index (κ3) is 3.37. The summed E-state index contributed by atoms with van der Waals surface area (Å²) in [4.78, 5) is 16.6. The molecule has 0 bridgehead atoms. The highest BCUT2D eigenvalue weighted by Gasteiger charge is 2.23. The highest BCUT2D eigenvalue weighted by Crippen LogP contribution is 2.19. The lowest BCUT2D eigenvalue weighted by molar-refractivity contribution is 0.0787. The minimum Gasteiger partial charge on any atom is -0.356 e. The number of aromatic nitrogens is 1. The second kappa shape index (κ2) is 6.04. The molecule has 1 saturated heterocycles. The molecule has 1 aromatic heterocycles. The van der Waals surface area contributed by atoms with E-state index in [-0.39, 0.29) is 22.2 Å². The summed E-state index contributed by atoms with van der Waals surface area (Å²) >= 11 is 0. The molecule has 1 fully saturated rings. The summed E-state index contributed by atoms with van der Waals surface area (Å²) < 4.78 is 39.8. The number of likely N-dealkylation sites (tertiary alicyclic amines) is 1. The summed E-state index contributed by atoms with van der Waals surface area (Å²) in [5.74, 6) is -0.654. The van der Waals surface area contributed by atoms with Crippen molar-refractivity contribution in [2.45, 2.75) is 17.7 Å². The predicted octanol–water partition coefficient (Wildman–Crippen LogP) is 2.19. The van der Waals surface area contributed by atoms with Gasteiger partial charge in [0.2, 0.25) is 0 Å². The van der Waals surface area contributed by atoms with E-state index >= 15 is 0 Å². The van der Waals surface area contributed by atoms with Gasteiger partial charge in [0.1, 0.15) is 16.4 Å². The standard InChI is InChI=1S/C15H16FN3O3S/c16-11-3-5-12(6-4-11)18-23(21,22)13-9-14(17-10-13)15(20)19-7-1-2-8-19/h3-6,9-10,17-18H,1-2,7-8H2. The Morgan fingerprint density at radius 3 is 2.48 bits per heavy atom. The lowest BCUT2D eigenvalue weighted by atomic mass is 10.3. The highest BCUT2D eigenvalue weighted by atomic mass is 32.2. The summed E-state index contributed by atoms with van der Waals surface area (Å²) in [6, 6.07) is 6.30. The number of hydrogen-bond acceptors (Lipinski definition) is 3. The SMILES string of the molecule is O=C(c1cc(S(=O)(=O)Nc2ccc(F)cc2)c[nH]1)N1CCCC1. The van der Waals surface area contributed by atoms with E-state index in [4.69, 9.17) is 0 Å². The van der Waals surface area contributed by atoms with E-state index in [1.165, 1.54) is 24.4 Å². The number of nitrogens with one attached hydrogen (secondary N) is 2. The topological polar surface area (TPSA) is 82.3 Å². The van der Waals surface area contributed by atoms with Crippen molar-refractivity contribution in [3.05, 3.63) is 48.0 Å². The lowest BCUT2D eigenvalue weighted by Gasteiger charge is -2.13. The van der Waals surface area contributed by atoms with Crippen molar-refractivity contribution in [1.82, 2.24) is 9.88 Å². The molecule has 0 saturated carbocycles. The number of carbonyl (C=O) groups is 1. The van der Waals surface area contributed by atoms with Crippen molar-refractivity contribution in [2.75, 3.05) is 17.8 Å². The fourth-order valence-corrected chi connectivity index (χ4v) is 3.53. The molecule has 3 rings (SSSR count). The average molecular weight is 337 g/mol. The Kier molecular flexibility index (Phi) is 4.08. The molecule has 1 aliphatic heterocycles. The fourth-order valence-electron chi connectivity index (χ4n) is 2.48. The van der Waals surface area contributed by atoms with Crippen LogP contribution in [0.25, 0.3) is 0 Å². The molecule has 23 heavy (non-hydrogen) atoms. The van der Waals surface area contributed by atoms with Crippen LogP contribution < -0.4 is 4.72 Å². The molecule has 0 unspecified atom stereocenters. The molecule has 6 nitrogen and oxygen atoms in total. The van der Waals surface area contributed by atoms with Crippen LogP contribution in [0, 0.1) is 5.82 Å². The van der Waals surface area contributed by atoms with E-state index < -0.39 is 15.8 Å². The van der Waals surface area contributed by atoms with Crippen LogP contribution in [0.15, 0.2) is 41.4 Å². The molecule has 0 aliphatic carbocycles. The molecule has 2 aromatic rings. The fraction of sp³-hybridized carbons (Fsp3) is 0.267. The number of benzene rings is 1. The van der Waals surface area contributed by atoms with Crippen molar-refractivity contribution < 1.29 is 17.6 Å². The molecule has 122 valence electrons. The summed E-state index contributed by atoms with van der Waals surface area (Å²) in [6.07, 6.45) is 3.20. The van der Waals surface area contributed by atoms with Crippen LogP contribution in [0.4, 0.5) is 10.1 Å². The Labute approximate surface area is 133 Å². The number of aromatic amines is 1. The predicted molar refractivity (Wildman–Crippen MR) is 83.1 cm³/mol. The van der Waals surface area contributed by atoms with Gasteiger partial charge in [0, 0.05) is 25.0 Å². The van der Waals surface area contributed by atoms with Gasteiger partial charge in [0.05, 0.1) is 0 Å². The Bertz CT molecular complexity index is 809. The van der Waals surface area contributed by atoms with E-state index in [9.17, 15) is 17.6 Å². The van der Waals surface area contributed by atoms with Gasteiger partial charge in [-0.1, -0.05) is 0 Å². The third-order valence-electron chi connectivity index (χ3n) is 3.69. The van der Waals surface area contributed by atoms with E-state index in [2.05, 4.69) is 9.71 Å². The molecule has 1 aliphatic rings. The van der Waals surface area contributed by atoms with Gasteiger partial charge >= 0.3 is 0 Å². The monoisotopic (exact) mass is 337 g/mol. The van der Waals surface area contributed by atoms with E-state index in [0.29, 0.717) is 13.1 Å². The molecule has 0 radical (unpaired) electrons. The zero-order chi connectivity index (χ0) is 16.4. The number of H-pyrrole nitrogens is 1. The van der Waals surface area contributed by atoms with Gasteiger partial charge in [0.25, 0.3) is 15.9 Å². The van der Waals surface area contributed by atoms with Gasteiger partial charge in [-0.05, 0) is 43.2 Å². The summed E-state index contributed by atoms with van der Waals surface area (Å²) in [6.45, 7) is 1.38. The molecule has 2 N–H and O–H groups in total. The second-order valence-corrected chi connectivity index (χ2v) is 7.04. The first-order valence-corrected chi connectivity index (χ1v) is 8.70. The number of carbonyl (C=O) groups excluding carboxylic acids is 1. The van der Waals surface area contributed by atoms with E-state index in [1.54, 1.807) is 4.90 Å². The van der Waals surface area contributed by atoms with E-state index in [1.807, 2.05) is 0 Å². The largest absolute Gasteiger partial charge is 0.356 e. The van der Waals surface area contributed by atoms with Crippen LogP contribution in [0.2, 0.25) is 0 Å². The van der Waals surface area contributed by atoms with Crippen LogP contribution in [0.5, 0.6) is 0 Å². The lowest BCUT2D eigenvalue weighted by Crippen LogP contribution is -2.27. The van der Waals surface area contributed by atoms with Crippen LogP contribution in [0.1, 0.15) is 23.3 Å². The Balaban J connectivity index is 1.78. The van der Waals surface area contributed by atoms with Crippen LogP contribution >= 0.6 is 0 Å². The maximum atomic E-state index is 12.9. The molecule has 2 heterocycles. The maximum Gasteiger partial charge on any atom is 0.270 e. The van der Waals surface area contributed by atoms with Crippen molar-refractivity contribution in [3.63, 3.8) is 0 Å². The maximum absolute atomic E-state index is 12.9. The molecule has 1 amide bonds. The van der Waals surface area contributed by atoms with E-state index in [0.717, 1.165) is 25.0 Å². The molecule has 0 atom stereocenters. The number of rotatable bonds is 4. The van der Waals surface area contributed by atoms with Crippen LogP contribution in [-0.2, 0) is 10.0 Å². The summed E-state index contributed by atoms with van der Waals surface area (Å²) in [7, 11) is -3.84. The van der Waals surface area contributed by atoms with Crippen LogP contribution in [0.3, 0.4) is 0 Å². The number of nitrogens with zero attached hydrogens (tertiary/aromatic N) is 1. The van der Waals surface area contributed by atoms with Gasteiger partial charge in [-0.25, -0.2) is 12.8 Å². The minimum absolute atomic E-state index is 0.0376. The van der Waals surface area contributed by atoms with Gasteiger partial charge < -0.3 is 9.88 Å². The van der Waals surface area contributed by atoms with Gasteiger partial charge in [-0.2, -0.15) is 0 Å². The highest BCUT2D eigenvalue weighted by molar-refractivity contribution is 7.92. The Hall–Kier alpha value is -2.35. The number of sulfonamides is 1. The number of amides is 1. The zero-order valence-electron chi connectivity index (χ0n) is 12.3. The quantitative estimate of drug-likeness (QED) is 0.897. The average Bonchev–Trinajstić information content (AvgIpc) is 3.20. The van der Waals surface area contributed by atoms with Crippen molar-refractivity contribution in [1.29, 1.82) is 0 Å². The molecule has 1 aromatic carbocycles. The van der Waals surface area contributed by atoms with Gasteiger partial charge in [-0.3, -0.25) is 9.52 Å². The second-order valence-electron chi connectivity index (χ2n) is 5.36. The smallest absolute Gasteiger partial charge is 0.270 e. The summed E-state index contributed by atoms with van der Waals surface area (Å²) in [5.41, 5.74) is 0.492. The first kappa shape index (κ1) is 15.5. The summed E-state index contributed by atoms with van der Waals surface area (Å²) in [5, 5.41) is 0. The Morgan fingerprint density at radius 1 is 1.17 bits per heavy atom. The van der Waals surface area contributed by atoms with Gasteiger partial charge in [-0.15, -0.1) is 0 Å². The molecular weight excluding hydrogens is 321 g/mol. The third-order valence-corrected chi connectivity index (χ3v) is 5.05. The first-order valence-electron chi connectivity index (χ1n) is 7.22. The number of halogens is 1. The van der Waals surface area contributed by atoms with Crippen molar-refractivity contribution in [3.8, 4) is 0 Å². The normalized spacial score (nSPS) is 14.9. The minimum atomic E-state index is -3.84. The molecule has 0 spiro atoms. The van der Waals surface area contributed by atoms with Crippen molar-refractivity contribution >= 4 is 21.6 Å². The van der Waals surface area contributed by atoms with Gasteiger partial charge in [0.15, 0.2) is 0 Å². The zero-order valence-corrected chi connectivity index (χ0v) is 13.1. The molecule has 8 heteroatoms. The number of hydrogen-bond donors (Lipinski definition) is 2. The number of anilines is 1. The molecular formula is C15H16FN3O3S. The Morgan fingerprint density at radius 2 is 1.83 bits per heavy atom. The van der Waals surface area contributed by atoms with Crippen LogP contribution in [-0.4, -0.2) is 37.3 Å². The first-order chi connectivity index (χ1) is 11.0.